The van der Waals surface area contributed by atoms with Crippen molar-refractivity contribution in [2.75, 3.05) is 12.0 Å². The first-order valence-corrected chi connectivity index (χ1v) is 8.27. The molecule has 1 saturated carbocycles. The molecule has 0 atom stereocenters. The summed E-state index contributed by atoms with van der Waals surface area (Å²) in [5, 5.41) is 0. The van der Waals surface area contributed by atoms with Crippen LogP contribution in [0.15, 0.2) is 61.9 Å². The Balaban J connectivity index is 0.00000109. The lowest BCUT2D eigenvalue weighted by Crippen LogP contribution is -2.36. The van der Waals surface area contributed by atoms with Crippen molar-refractivity contribution in [1.29, 1.82) is 0 Å². The maximum Gasteiger partial charge on any atom is 0.414 e. The van der Waals surface area contributed by atoms with E-state index in [0.29, 0.717) is 6.54 Å². The summed E-state index contributed by atoms with van der Waals surface area (Å²) in [6.45, 7) is 6.44. The summed E-state index contributed by atoms with van der Waals surface area (Å²) >= 11 is 0. The Morgan fingerprint density at radius 3 is 2.32 bits per heavy atom. The van der Waals surface area contributed by atoms with Crippen LogP contribution in [-0.4, -0.2) is 24.3 Å². The van der Waals surface area contributed by atoms with Gasteiger partial charge in [-0.05, 0) is 49.1 Å². The van der Waals surface area contributed by atoms with Gasteiger partial charge in [0.25, 0.3) is 0 Å². The van der Waals surface area contributed by atoms with Crippen molar-refractivity contribution in [2.45, 2.75) is 31.9 Å². The molecule has 1 aromatic heterocycles. The lowest BCUT2D eigenvalue weighted by Gasteiger charge is -2.29. The third-order valence-corrected chi connectivity index (χ3v) is 4.01. The molecule has 1 aliphatic rings. The maximum absolute atomic E-state index is 12.5. The summed E-state index contributed by atoms with van der Waals surface area (Å²) < 4.78 is 10.7. The summed E-state index contributed by atoms with van der Waals surface area (Å²) in [5.41, 5.74) is 1.79. The third-order valence-electron chi connectivity index (χ3n) is 4.01. The van der Waals surface area contributed by atoms with Gasteiger partial charge in [-0.3, -0.25) is 9.88 Å². The largest absolute Gasteiger partial charge is 0.497 e. The van der Waals surface area contributed by atoms with Gasteiger partial charge in [-0.15, -0.1) is 13.2 Å². The molecule has 1 heterocycles. The van der Waals surface area contributed by atoms with Crippen molar-refractivity contribution >= 4 is 11.8 Å². The van der Waals surface area contributed by atoms with Crippen molar-refractivity contribution in [3.8, 4) is 5.75 Å². The molecule has 5 nitrogen and oxygen atoms in total. The Morgan fingerprint density at radius 1 is 1.16 bits per heavy atom. The molecule has 5 heteroatoms. The zero-order valence-corrected chi connectivity index (χ0v) is 14.6. The Hall–Kier alpha value is -2.82. The van der Waals surface area contributed by atoms with Crippen molar-refractivity contribution < 1.29 is 14.3 Å². The average molecular weight is 340 g/mol. The summed E-state index contributed by atoms with van der Waals surface area (Å²) in [4.78, 5) is 18.2. The highest BCUT2D eigenvalue weighted by atomic mass is 16.6. The molecular weight excluding hydrogens is 316 g/mol. The molecule has 0 unspecified atom stereocenters. The fourth-order valence-corrected chi connectivity index (χ4v) is 2.39. The Morgan fingerprint density at radius 2 is 1.80 bits per heavy atom. The van der Waals surface area contributed by atoms with E-state index in [-0.39, 0.29) is 12.2 Å². The minimum absolute atomic E-state index is 0.0581. The smallest absolute Gasteiger partial charge is 0.414 e. The molecule has 0 N–H and O–H groups in total. The SMILES string of the molecule is C=C.COc1ccc(CN(C(=O)OC2CCC2)c2ccncc2)cc1. The van der Waals surface area contributed by atoms with Gasteiger partial charge in [-0.1, -0.05) is 12.1 Å². The molecule has 1 fully saturated rings. The summed E-state index contributed by atoms with van der Waals surface area (Å²) in [6.07, 6.45) is 6.14. The van der Waals surface area contributed by atoms with E-state index in [0.717, 1.165) is 36.3 Å². The second kappa shape index (κ2) is 9.47. The van der Waals surface area contributed by atoms with Crippen LogP contribution in [0.3, 0.4) is 0 Å². The van der Waals surface area contributed by atoms with Crippen LogP contribution in [0.4, 0.5) is 10.5 Å². The zero-order valence-electron chi connectivity index (χ0n) is 14.6. The first-order valence-electron chi connectivity index (χ1n) is 8.27. The third kappa shape index (κ3) is 5.08. The van der Waals surface area contributed by atoms with Crippen molar-refractivity contribution in [3.05, 3.63) is 67.5 Å². The van der Waals surface area contributed by atoms with Crippen LogP contribution < -0.4 is 9.64 Å². The average Bonchev–Trinajstić information content (AvgIpc) is 2.65. The quantitative estimate of drug-likeness (QED) is 0.747. The molecule has 0 bridgehead atoms. The van der Waals surface area contributed by atoms with E-state index in [4.69, 9.17) is 9.47 Å². The van der Waals surface area contributed by atoms with E-state index in [1.54, 1.807) is 24.4 Å². The molecule has 0 radical (unpaired) electrons. The summed E-state index contributed by atoms with van der Waals surface area (Å²) in [5.74, 6) is 0.793. The fourth-order valence-electron chi connectivity index (χ4n) is 2.39. The van der Waals surface area contributed by atoms with Gasteiger partial charge >= 0.3 is 6.09 Å². The van der Waals surface area contributed by atoms with Gasteiger partial charge in [-0.25, -0.2) is 4.79 Å². The highest BCUT2D eigenvalue weighted by Crippen LogP contribution is 2.25. The number of anilines is 1. The summed E-state index contributed by atoms with van der Waals surface area (Å²) in [6, 6.07) is 11.3. The van der Waals surface area contributed by atoms with E-state index in [1.807, 2.05) is 36.4 Å². The number of amides is 1. The Kier molecular flexibility index (Phi) is 7.01. The van der Waals surface area contributed by atoms with Crippen LogP contribution in [0.5, 0.6) is 5.75 Å². The number of pyridine rings is 1. The number of hydrogen-bond acceptors (Lipinski definition) is 4. The first-order chi connectivity index (χ1) is 12.3. The van der Waals surface area contributed by atoms with Crippen LogP contribution in [0, 0.1) is 0 Å². The Bertz CT molecular complexity index is 654. The van der Waals surface area contributed by atoms with Gasteiger partial charge in [-0.2, -0.15) is 0 Å². The van der Waals surface area contributed by atoms with Crippen LogP contribution in [0.25, 0.3) is 0 Å². The van der Waals surface area contributed by atoms with Gasteiger partial charge in [0.15, 0.2) is 0 Å². The lowest BCUT2D eigenvalue weighted by atomic mass is 9.96. The standard InChI is InChI=1S/C18H20N2O3.C2H4/c1-22-16-7-5-14(6-8-16)13-20(15-9-11-19-12-10-15)18(21)23-17-3-2-4-17;1-2/h5-12,17H,2-4,13H2,1H3;1-2H2. The molecular formula is C20H24N2O3. The number of ether oxygens (including phenoxy) is 2. The van der Waals surface area contributed by atoms with Gasteiger partial charge in [0.2, 0.25) is 0 Å². The van der Waals surface area contributed by atoms with Gasteiger partial charge in [0.05, 0.1) is 19.3 Å². The van der Waals surface area contributed by atoms with Crippen molar-refractivity contribution in [3.63, 3.8) is 0 Å². The van der Waals surface area contributed by atoms with E-state index in [9.17, 15) is 4.79 Å². The lowest BCUT2D eigenvalue weighted by molar-refractivity contribution is 0.0571. The number of hydrogen-bond donors (Lipinski definition) is 0. The van der Waals surface area contributed by atoms with Crippen LogP contribution in [-0.2, 0) is 11.3 Å². The van der Waals surface area contributed by atoms with Crippen molar-refractivity contribution in [2.24, 2.45) is 0 Å². The van der Waals surface area contributed by atoms with E-state index < -0.39 is 0 Å². The number of nitrogens with zero attached hydrogens (tertiary/aromatic N) is 2. The van der Waals surface area contributed by atoms with Crippen LogP contribution in [0.1, 0.15) is 24.8 Å². The second-order valence-corrected chi connectivity index (χ2v) is 5.58. The molecule has 1 amide bonds. The van der Waals surface area contributed by atoms with E-state index in [2.05, 4.69) is 18.1 Å². The van der Waals surface area contributed by atoms with Crippen LogP contribution >= 0.6 is 0 Å². The molecule has 2 aromatic rings. The highest BCUT2D eigenvalue weighted by Gasteiger charge is 2.26. The topological polar surface area (TPSA) is 51.7 Å². The predicted octanol–water partition coefficient (Wildman–Crippen LogP) is 4.59. The molecule has 25 heavy (non-hydrogen) atoms. The number of carbonyl (C=O) groups is 1. The minimum Gasteiger partial charge on any atom is -0.497 e. The van der Waals surface area contributed by atoms with Gasteiger partial charge < -0.3 is 9.47 Å². The molecule has 0 saturated heterocycles. The zero-order chi connectivity index (χ0) is 18.1. The minimum atomic E-state index is -0.309. The highest BCUT2D eigenvalue weighted by molar-refractivity contribution is 5.87. The molecule has 132 valence electrons. The fraction of sp³-hybridized carbons (Fsp3) is 0.300. The first kappa shape index (κ1) is 18.5. The number of carbonyl (C=O) groups excluding carboxylic acids is 1. The second-order valence-electron chi connectivity index (χ2n) is 5.58. The van der Waals surface area contributed by atoms with Gasteiger partial charge in [0, 0.05) is 12.4 Å². The molecule has 0 aliphatic heterocycles. The van der Waals surface area contributed by atoms with E-state index in [1.165, 1.54) is 0 Å². The maximum atomic E-state index is 12.5. The molecule has 1 aliphatic carbocycles. The van der Waals surface area contributed by atoms with Crippen LogP contribution in [0.2, 0.25) is 0 Å². The normalized spacial score (nSPS) is 13.0. The van der Waals surface area contributed by atoms with Crippen molar-refractivity contribution in [1.82, 2.24) is 4.98 Å². The van der Waals surface area contributed by atoms with Gasteiger partial charge in [0.1, 0.15) is 11.9 Å². The number of methoxy groups -OCH3 is 1. The number of benzene rings is 1. The summed E-state index contributed by atoms with van der Waals surface area (Å²) in [7, 11) is 1.63. The molecule has 3 rings (SSSR count). The molecule has 0 spiro atoms. The predicted molar refractivity (Wildman–Crippen MR) is 98.8 cm³/mol. The van der Waals surface area contributed by atoms with E-state index >= 15 is 0 Å². The molecule has 1 aromatic carbocycles. The monoisotopic (exact) mass is 340 g/mol. The number of rotatable bonds is 5. The number of aromatic nitrogens is 1. The Labute approximate surface area is 148 Å².